The Morgan fingerprint density at radius 2 is 2.12 bits per heavy atom. The highest BCUT2D eigenvalue weighted by molar-refractivity contribution is 6.13. The Balaban J connectivity index is 2.26. The number of nitro groups is 1. The summed E-state index contributed by atoms with van der Waals surface area (Å²) in [5.74, 6) is 0.499. The van der Waals surface area contributed by atoms with Crippen LogP contribution >= 0.6 is 0 Å². The minimum atomic E-state index is -0.926. The second kappa shape index (κ2) is 6.04. The molecule has 2 heterocycles. The van der Waals surface area contributed by atoms with Gasteiger partial charge in [0.1, 0.15) is 11.5 Å². The van der Waals surface area contributed by atoms with Crippen molar-refractivity contribution in [2.24, 2.45) is 4.99 Å². The molecule has 1 aliphatic rings. The third-order valence-electron chi connectivity index (χ3n) is 3.62. The van der Waals surface area contributed by atoms with Gasteiger partial charge in [-0.05, 0) is 26.8 Å². The van der Waals surface area contributed by atoms with Gasteiger partial charge in [0.15, 0.2) is 11.9 Å². The van der Waals surface area contributed by atoms with Gasteiger partial charge >= 0.3 is 5.69 Å². The molecule has 0 N–H and O–H groups in total. The number of aliphatic imine (C=N–C) groups is 1. The number of nitro benzene ring substituents is 1. The van der Waals surface area contributed by atoms with Gasteiger partial charge in [-0.3, -0.25) is 10.1 Å². The lowest BCUT2D eigenvalue weighted by molar-refractivity contribution is -0.606. The first-order valence-corrected chi connectivity index (χ1v) is 7.75. The van der Waals surface area contributed by atoms with E-state index in [9.17, 15) is 15.3 Å². The molecule has 25 heavy (non-hydrogen) atoms. The number of nitrogens with zero attached hydrogens (tertiary/aromatic N) is 3. The number of hydrogen-bond donors (Lipinski definition) is 0. The van der Waals surface area contributed by atoms with Gasteiger partial charge in [0.25, 0.3) is 0 Å². The third kappa shape index (κ3) is 3.10. The predicted octanol–water partition coefficient (Wildman–Crippen LogP) is 2.59. The van der Waals surface area contributed by atoms with E-state index in [-0.39, 0.29) is 18.0 Å². The highest BCUT2D eigenvalue weighted by atomic mass is 16.6. The van der Waals surface area contributed by atoms with Gasteiger partial charge < -0.3 is 14.7 Å². The zero-order valence-electron chi connectivity index (χ0n) is 14.1. The second-order valence-electron chi connectivity index (χ2n) is 5.93. The van der Waals surface area contributed by atoms with Gasteiger partial charge in [0.05, 0.1) is 17.1 Å². The molecule has 0 bridgehead atoms. The molecule has 0 saturated heterocycles. The van der Waals surface area contributed by atoms with Gasteiger partial charge in [0.2, 0.25) is 11.4 Å². The summed E-state index contributed by atoms with van der Waals surface area (Å²) in [4.78, 5) is 15.3. The zero-order chi connectivity index (χ0) is 18.2. The zero-order valence-corrected chi connectivity index (χ0v) is 14.1. The average molecular weight is 343 g/mol. The first-order valence-electron chi connectivity index (χ1n) is 7.75. The predicted molar refractivity (Wildman–Crippen MR) is 90.0 cm³/mol. The molecule has 0 radical (unpaired) electrons. The van der Waals surface area contributed by atoms with Crippen molar-refractivity contribution in [2.45, 2.75) is 26.5 Å². The van der Waals surface area contributed by atoms with Gasteiger partial charge in [0, 0.05) is 24.3 Å². The van der Waals surface area contributed by atoms with Gasteiger partial charge in [-0.2, -0.15) is 4.73 Å². The molecule has 0 saturated carbocycles. The summed E-state index contributed by atoms with van der Waals surface area (Å²) in [5, 5.41) is 23.6. The van der Waals surface area contributed by atoms with Crippen LogP contribution in [-0.2, 0) is 0 Å². The van der Waals surface area contributed by atoms with Gasteiger partial charge in [-0.1, -0.05) is 0 Å². The normalized spacial score (nSPS) is 14.9. The number of ether oxygens (including phenoxy) is 2. The van der Waals surface area contributed by atoms with E-state index in [0.29, 0.717) is 27.4 Å². The van der Waals surface area contributed by atoms with E-state index in [1.165, 1.54) is 18.3 Å². The Bertz CT molecular complexity index is 877. The summed E-state index contributed by atoms with van der Waals surface area (Å²) >= 11 is 0. The monoisotopic (exact) mass is 343 g/mol. The van der Waals surface area contributed by atoms with Crippen LogP contribution in [0, 0.1) is 15.3 Å². The van der Waals surface area contributed by atoms with Crippen LogP contribution in [0.5, 0.6) is 11.5 Å². The fraction of sp³-hybridized carbons (Fsp3) is 0.294. The van der Waals surface area contributed by atoms with E-state index in [1.807, 2.05) is 0 Å². The molecule has 1 aromatic heterocycles. The van der Waals surface area contributed by atoms with E-state index in [4.69, 9.17) is 9.47 Å². The lowest BCUT2D eigenvalue weighted by atomic mass is 10.0. The maximum atomic E-state index is 12.2. The molecule has 8 heteroatoms. The number of pyridine rings is 1. The molecule has 1 aliphatic heterocycles. The van der Waals surface area contributed by atoms with E-state index >= 15 is 0 Å². The molecular formula is C17H17N3O5. The van der Waals surface area contributed by atoms with Crippen molar-refractivity contribution in [2.75, 3.05) is 6.61 Å². The molecule has 3 rings (SSSR count). The third-order valence-corrected chi connectivity index (χ3v) is 3.62. The van der Waals surface area contributed by atoms with Crippen LogP contribution in [0.2, 0.25) is 0 Å². The van der Waals surface area contributed by atoms with Crippen LogP contribution in [0.15, 0.2) is 41.5 Å². The molecule has 0 amide bonds. The average Bonchev–Trinajstić information content (AvgIpc) is 2.53. The lowest BCUT2D eigenvalue weighted by Gasteiger charge is -2.29. The van der Waals surface area contributed by atoms with Crippen molar-refractivity contribution in [3.05, 3.63) is 63.1 Å². The molecule has 2 aromatic rings. The van der Waals surface area contributed by atoms with Crippen molar-refractivity contribution in [3.8, 4) is 11.5 Å². The number of benzene rings is 1. The molecule has 0 fully saturated rings. The highest BCUT2D eigenvalue weighted by Gasteiger charge is 2.34. The van der Waals surface area contributed by atoms with Crippen molar-refractivity contribution >= 4 is 11.4 Å². The first kappa shape index (κ1) is 16.7. The van der Waals surface area contributed by atoms with Crippen LogP contribution in [0.1, 0.15) is 32.0 Å². The molecule has 0 aliphatic carbocycles. The SMILES string of the molecule is CCOc1cc2c(cc1[N+](=O)[O-])C(c1cccc[n+]1[O-])=NC(C)(C)O2. The van der Waals surface area contributed by atoms with Crippen molar-refractivity contribution in [1.29, 1.82) is 0 Å². The molecule has 1 aromatic carbocycles. The molecule has 8 nitrogen and oxygen atoms in total. The van der Waals surface area contributed by atoms with E-state index in [0.717, 1.165) is 0 Å². The first-order chi connectivity index (χ1) is 11.8. The van der Waals surface area contributed by atoms with Gasteiger partial charge in [-0.25, -0.2) is 4.99 Å². The standard InChI is InChI=1S/C17H17N3O5/c1-4-24-15-10-14-11(9-13(15)20(22)23)16(18-17(2,3)25-14)12-7-5-6-8-19(12)21/h5-10H,4H2,1-3H3. The number of aromatic nitrogens is 1. The van der Waals surface area contributed by atoms with Crippen molar-refractivity contribution < 1.29 is 19.1 Å². The fourth-order valence-corrected chi connectivity index (χ4v) is 2.66. The smallest absolute Gasteiger partial charge is 0.311 e. The molecule has 0 atom stereocenters. The minimum absolute atomic E-state index is 0.117. The Morgan fingerprint density at radius 1 is 1.36 bits per heavy atom. The summed E-state index contributed by atoms with van der Waals surface area (Å²) in [6.07, 6.45) is 1.35. The fourth-order valence-electron chi connectivity index (χ4n) is 2.66. The summed E-state index contributed by atoms with van der Waals surface area (Å²) in [6, 6.07) is 7.73. The molecule has 0 unspecified atom stereocenters. The van der Waals surface area contributed by atoms with E-state index in [1.54, 1.807) is 39.0 Å². The van der Waals surface area contributed by atoms with Crippen LogP contribution in [0.3, 0.4) is 0 Å². The summed E-state index contributed by atoms with van der Waals surface area (Å²) in [7, 11) is 0. The quantitative estimate of drug-likeness (QED) is 0.367. The second-order valence-corrected chi connectivity index (χ2v) is 5.93. The molecule has 0 spiro atoms. The topological polar surface area (TPSA) is 101 Å². The van der Waals surface area contributed by atoms with E-state index < -0.39 is 10.6 Å². The number of hydrogen-bond acceptors (Lipinski definition) is 6. The van der Waals surface area contributed by atoms with Crippen LogP contribution < -0.4 is 14.2 Å². The Kier molecular flexibility index (Phi) is 4.03. The maximum Gasteiger partial charge on any atom is 0.311 e. The summed E-state index contributed by atoms with van der Waals surface area (Å²) in [5.41, 5.74) is -0.119. The van der Waals surface area contributed by atoms with Gasteiger partial charge in [-0.15, -0.1) is 0 Å². The Hall–Kier alpha value is -3.16. The Morgan fingerprint density at radius 3 is 2.76 bits per heavy atom. The molecule has 130 valence electrons. The largest absolute Gasteiger partial charge is 0.618 e. The number of rotatable bonds is 4. The maximum absolute atomic E-state index is 12.2. The minimum Gasteiger partial charge on any atom is -0.618 e. The summed E-state index contributed by atoms with van der Waals surface area (Å²) < 4.78 is 11.9. The van der Waals surface area contributed by atoms with Crippen molar-refractivity contribution in [3.63, 3.8) is 0 Å². The Labute approximate surface area is 144 Å². The van der Waals surface area contributed by atoms with Crippen molar-refractivity contribution in [1.82, 2.24) is 0 Å². The van der Waals surface area contributed by atoms with Crippen LogP contribution in [-0.4, -0.2) is 23.0 Å². The lowest BCUT2D eigenvalue weighted by Crippen LogP contribution is -2.39. The van der Waals surface area contributed by atoms with E-state index in [2.05, 4.69) is 4.99 Å². The number of fused-ring (bicyclic) bond motifs is 1. The van der Waals surface area contributed by atoms with Crippen LogP contribution in [0.25, 0.3) is 0 Å². The molecular weight excluding hydrogens is 326 g/mol. The van der Waals surface area contributed by atoms with Crippen LogP contribution in [0.4, 0.5) is 5.69 Å². The highest BCUT2D eigenvalue weighted by Crippen LogP contribution is 2.40. The summed E-state index contributed by atoms with van der Waals surface area (Å²) in [6.45, 7) is 5.51.